The third-order valence-electron chi connectivity index (χ3n) is 4.88. The van der Waals surface area contributed by atoms with Crippen LogP contribution in [0.3, 0.4) is 0 Å². The first-order valence-electron chi connectivity index (χ1n) is 10.4. The van der Waals surface area contributed by atoms with Gasteiger partial charge in [0.15, 0.2) is 5.96 Å². The zero-order chi connectivity index (χ0) is 20.5. The molecule has 0 spiro atoms. The van der Waals surface area contributed by atoms with Gasteiger partial charge in [-0.1, -0.05) is 24.3 Å². The number of anilines is 1. The van der Waals surface area contributed by atoms with Gasteiger partial charge in [0.25, 0.3) is 0 Å². The summed E-state index contributed by atoms with van der Waals surface area (Å²) in [5, 5.41) is 3.14. The summed E-state index contributed by atoms with van der Waals surface area (Å²) in [5.74, 6) is 1.83. The molecule has 0 aromatic heterocycles. The van der Waals surface area contributed by atoms with Crippen LogP contribution in [0, 0.1) is 0 Å². The van der Waals surface area contributed by atoms with Crippen LogP contribution in [0.4, 0.5) is 5.69 Å². The molecule has 3 rings (SSSR count). The molecule has 0 amide bonds. The summed E-state index contributed by atoms with van der Waals surface area (Å²) >= 11 is 0. The first kappa shape index (κ1) is 21.0. The number of hydrogen-bond donors (Lipinski definition) is 2. The molecular formula is C23H32N4O2. The Balaban J connectivity index is 1.60. The molecule has 1 aliphatic rings. The van der Waals surface area contributed by atoms with Crippen LogP contribution in [0.15, 0.2) is 47.5 Å². The van der Waals surface area contributed by atoms with Crippen LogP contribution in [0.5, 0.6) is 11.5 Å². The second-order valence-electron chi connectivity index (χ2n) is 7.15. The molecule has 0 unspecified atom stereocenters. The van der Waals surface area contributed by atoms with Crippen LogP contribution in [-0.4, -0.2) is 37.2 Å². The van der Waals surface area contributed by atoms with Gasteiger partial charge in [-0.2, -0.15) is 0 Å². The van der Waals surface area contributed by atoms with Gasteiger partial charge in [0, 0.05) is 12.6 Å². The number of rotatable bonds is 9. The predicted molar refractivity (Wildman–Crippen MR) is 119 cm³/mol. The van der Waals surface area contributed by atoms with Gasteiger partial charge in [-0.3, -0.25) is 4.90 Å². The Kier molecular flexibility index (Phi) is 7.76. The maximum atomic E-state index is 6.12. The fourth-order valence-electron chi connectivity index (χ4n) is 3.45. The number of aliphatic imine (C=N–C) groups is 1. The number of benzene rings is 2. The minimum Gasteiger partial charge on any atom is -0.494 e. The average molecular weight is 397 g/mol. The van der Waals surface area contributed by atoms with Crippen molar-refractivity contribution in [3.8, 4) is 11.5 Å². The summed E-state index contributed by atoms with van der Waals surface area (Å²) in [7, 11) is 0. The lowest BCUT2D eigenvalue weighted by Gasteiger charge is -2.15. The van der Waals surface area contributed by atoms with Crippen molar-refractivity contribution in [3.05, 3.63) is 53.6 Å². The van der Waals surface area contributed by atoms with E-state index in [2.05, 4.69) is 39.5 Å². The highest BCUT2D eigenvalue weighted by Crippen LogP contribution is 2.29. The molecule has 2 aromatic rings. The molecule has 29 heavy (non-hydrogen) atoms. The van der Waals surface area contributed by atoms with E-state index >= 15 is 0 Å². The zero-order valence-electron chi connectivity index (χ0n) is 17.5. The molecule has 1 saturated heterocycles. The lowest BCUT2D eigenvalue weighted by atomic mass is 10.1. The predicted octanol–water partition coefficient (Wildman–Crippen LogP) is 4.01. The van der Waals surface area contributed by atoms with Gasteiger partial charge < -0.3 is 20.5 Å². The summed E-state index contributed by atoms with van der Waals surface area (Å²) in [6.45, 7) is 9.06. The zero-order valence-corrected chi connectivity index (χ0v) is 17.5. The van der Waals surface area contributed by atoms with Crippen LogP contribution in [-0.2, 0) is 13.1 Å². The number of nitrogens with zero attached hydrogens (tertiary/aromatic N) is 2. The quantitative estimate of drug-likeness (QED) is 0.495. The normalized spacial score (nSPS) is 14.8. The smallest absolute Gasteiger partial charge is 0.193 e. The second kappa shape index (κ2) is 10.7. The van der Waals surface area contributed by atoms with Crippen molar-refractivity contribution in [1.29, 1.82) is 0 Å². The van der Waals surface area contributed by atoms with Crippen LogP contribution in [0.25, 0.3) is 0 Å². The van der Waals surface area contributed by atoms with Gasteiger partial charge >= 0.3 is 0 Å². The maximum absolute atomic E-state index is 6.12. The van der Waals surface area contributed by atoms with Gasteiger partial charge in [-0.05, 0) is 63.0 Å². The van der Waals surface area contributed by atoms with Crippen LogP contribution < -0.4 is 20.5 Å². The van der Waals surface area contributed by atoms with Crippen molar-refractivity contribution in [2.75, 3.05) is 31.6 Å². The van der Waals surface area contributed by atoms with Gasteiger partial charge in [0.2, 0.25) is 0 Å². The van der Waals surface area contributed by atoms with Gasteiger partial charge in [0.1, 0.15) is 11.5 Å². The largest absolute Gasteiger partial charge is 0.494 e. The van der Waals surface area contributed by atoms with E-state index in [4.69, 9.17) is 15.2 Å². The highest BCUT2D eigenvalue weighted by Gasteiger charge is 2.11. The molecule has 6 heteroatoms. The fraction of sp³-hybridized carbons (Fsp3) is 0.435. The van der Waals surface area contributed by atoms with Crippen molar-refractivity contribution in [2.45, 2.75) is 39.8 Å². The summed E-state index contributed by atoms with van der Waals surface area (Å²) < 4.78 is 11.2. The first-order valence-corrected chi connectivity index (χ1v) is 10.4. The van der Waals surface area contributed by atoms with Crippen LogP contribution >= 0.6 is 0 Å². The standard InChI is InChI=1S/C23H32N4O2/c1-3-28-20-11-12-22(29-4-2)21(15-20)26-23(24)25-16-18-7-9-19(10-8-18)17-27-13-5-6-14-27/h7-12,15H,3-6,13-14,16-17H2,1-2H3,(H3,24,25,26). The first-order chi connectivity index (χ1) is 14.2. The Morgan fingerprint density at radius 1 is 1.00 bits per heavy atom. The summed E-state index contributed by atoms with van der Waals surface area (Å²) in [5.41, 5.74) is 9.35. The average Bonchev–Trinajstić information content (AvgIpc) is 3.23. The molecular weight excluding hydrogens is 364 g/mol. The Labute approximate surface area is 173 Å². The number of nitrogens with two attached hydrogens (primary N) is 1. The van der Waals surface area contributed by atoms with E-state index in [1.54, 1.807) is 0 Å². The van der Waals surface area contributed by atoms with Crippen molar-refractivity contribution >= 4 is 11.6 Å². The lowest BCUT2D eigenvalue weighted by Crippen LogP contribution is -2.23. The van der Waals surface area contributed by atoms with Gasteiger partial charge in [-0.25, -0.2) is 4.99 Å². The molecule has 3 N–H and O–H groups in total. The molecule has 0 bridgehead atoms. The molecule has 156 valence electrons. The summed E-state index contributed by atoms with van der Waals surface area (Å²) in [6.07, 6.45) is 2.63. The van der Waals surface area contributed by atoms with E-state index in [-0.39, 0.29) is 0 Å². The fourth-order valence-corrected chi connectivity index (χ4v) is 3.45. The Hall–Kier alpha value is -2.73. The van der Waals surface area contributed by atoms with E-state index in [0.29, 0.717) is 25.7 Å². The van der Waals surface area contributed by atoms with E-state index < -0.39 is 0 Å². The number of ether oxygens (including phenoxy) is 2. The molecule has 0 aliphatic carbocycles. The van der Waals surface area contributed by atoms with Crippen molar-refractivity contribution in [1.82, 2.24) is 4.90 Å². The lowest BCUT2D eigenvalue weighted by molar-refractivity contribution is 0.331. The summed E-state index contributed by atoms with van der Waals surface area (Å²) in [6, 6.07) is 14.3. The Morgan fingerprint density at radius 2 is 1.69 bits per heavy atom. The van der Waals surface area contributed by atoms with E-state index in [1.807, 2.05) is 32.0 Å². The highest BCUT2D eigenvalue weighted by molar-refractivity contribution is 5.94. The highest BCUT2D eigenvalue weighted by atomic mass is 16.5. The number of likely N-dealkylation sites (tertiary alicyclic amines) is 1. The number of hydrogen-bond acceptors (Lipinski definition) is 4. The molecule has 2 aromatic carbocycles. The van der Waals surface area contributed by atoms with Gasteiger partial charge in [0.05, 0.1) is 25.4 Å². The topological polar surface area (TPSA) is 72.1 Å². The van der Waals surface area contributed by atoms with E-state index in [9.17, 15) is 0 Å². The molecule has 0 saturated carbocycles. The molecule has 0 atom stereocenters. The SMILES string of the molecule is CCOc1ccc(OCC)c(NC(N)=NCc2ccc(CN3CCCC3)cc2)c1. The Bertz CT molecular complexity index is 799. The monoisotopic (exact) mass is 396 g/mol. The van der Waals surface area contributed by atoms with Crippen molar-refractivity contribution in [2.24, 2.45) is 10.7 Å². The maximum Gasteiger partial charge on any atom is 0.193 e. The van der Waals surface area contributed by atoms with Crippen molar-refractivity contribution in [3.63, 3.8) is 0 Å². The number of nitrogens with one attached hydrogen (secondary N) is 1. The molecule has 0 radical (unpaired) electrons. The Morgan fingerprint density at radius 3 is 2.38 bits per heavy atom. The summed E-state index contributed by atoms with van der Waals surface area (Å²) in [4.78, 5) is 6.98. The van der Waals surface area contributed by atoms with Crippen molar-refractivity contribution < 1.29 is 9.47 Å². The molecule has 1 aliphatic heterocycles. The molecule has 6 nitrogen and oxygen atoms in total. The minimum atomic E-state index is 0.348. The minimum absolute atomic E-state index is 0.348. The third-order valence-corrected chi connectivity index (χ3v) is 4.88. The molecule has 1 heterocycles. The van der Waals surface area contributed by atoms with Crippen LogP contribution in [0.2, 0.25) is 0 Å². The molecule has 1 fully saturated rings. The third kappa shape index (κ3) is 6.39. The van der Waals surface area contributed by atoms with Gasteiger partial charge in [-0.15, -0.1) is 0 Å². The van der Waals surface area contributed by atoms with E-state index in [0.717, 1.165) is 29.3 Å². The second-order valence-corrected chi connectivity index (χ2v) is 7.15. The van der Waals surface area contributed by atoms with Crippen LogP contribution in [0.1, 0.15) is 37.8 Å². The van der Waals surface area contributed by atoms with E-state index in [1.165, 1.54) is 31.5 Å². The number of guanidine groups is 1.